The molecule has 3 unspecified atom stereocenters. The third kappa shape index (κ3) is 3.82. The fourth-order valence-corrected chi connectivity index (χ4v) is 6.73. The Morgan fingerprint density at radius 1 is 1.20 bits per heavy atom. The average molecular weight is 375 g/mol. The molecule has 1 aromatic rings. The molecule has 0 N–H and O–H groups in total. The van der Waals surface area contributed by atoms with E-state index in [1.54, 1.807) is 0 Å². The molecule has 0 spiro atoms. The lowest BCUT2D eigenvalue weighted by Crippen LogP contribution is -2.37. The molecule has 140 valence electrons. The number of alkyl halides is 3. The van der Waals surface area contributed by atoms with Crippen LogP contribution in [-0.2, 0) is 9.71 Å². The summed E-state index contributed by atoms with van der Waals surface area (Å²) >= 11 is 0. The molecule has 1 aliphatic heterocycles. The van der Waals surface area contributed by atoms with E-state index in [1.165, 1.54) is 24.3 Å². The van der Waals surface area contributed by atoms with Crippen molar-refractivity contribution in [3.05, 3.63) is 24.3 Å². The molecule has 2 bridgehead atoms. The maximum atomic E-state index is 13.4. The summed E-state index contributed by atoms with van der Waals surface area (Å²) in [6, 6.07) is 5.42. The minimum absolute atomic E-state index is 0.103. The predicted molar refractivity (Wildman–Crippen MR) is 92.9 cm³/mol. The van der Waals surface area contributed by atoms with Crippen molar-refractivity contribution in [2.24, 2.45) is 10.8 Å². The van der Waals surface area contributed by atoms with Gasteiger partial charge in [-0.15, -0.1) is 13.2 Å². The Kier molecular flexibility index (Phi) is 4.19. The first-order valence-electron chi connectivity index (χ1n) is 8.30. The molecule has 0 radical (unpaired) electrons. The molecule has 3 atom stereocenters. The predicted octanol–water partition coefficient (Wildman–Crippen LogP) is 4.48. The molecule has 1 saturated carbocycles. The summed E-state index contributed by atoms with van der Waals surface area (Å²) in [7, 11) is -2.75. The smallest absolute Gasteiger partial charge is 0.406 e. The number of hydrogen-bond donors (Lipinski definition) is 0. The Morgan fingerprint density at radius 3 is 2.36 bits per heavy atom. The van der Waals surface area contributed by atoms with Crippen molar-refractivity contribution in [2.45, 2.75) is 57.3 Å². The largest absolute Gasteiger partial charge is 0.573 e. The van der Waals surface area contributed by atoms with Crippen molar-refractivity contribution in [3.63, 3.8) is 0 Å². The van der Waals surface area contributed by atoms with Gasteiger partial charge in [-0.05, 0) is 60.2 Å². The van der Waals surface area contributed by atoms with Gasteiger partial charge in [0.1, 0.15) is 5.75 Å². The summed E-state index contributed by atoms with van der Waals surface area (Å²) < 4.78 is 56.1. The van der Waals surface area contributed by atoms with Gasteiger partial charge in [-0.3, -0.25) is 0 Å². The standard InChI is InChI=1S/C18H24F3NO2S/c1-16(2)9-13-10-17(3,11-16)12-22(13)25(4,23)15-7-5-14(6-8-15)24-18(19,20)21/h5-8,13H,4,9-12H2,1-3H3. The summed E-state index contributed by atoms with van der Waals surface area (Å²) in [5.74, 6) is 3.64. The SMILES string of the molecule is C=S(=O)(c1ccc(OC(F)(F)F)cc1)N1CC2(C)CC1CC(C)(C)C2. The quantitative estimate of drug-likeness (QED) is 0.729. The van der Waals surface area contributed by atoms with Crippen molar-refractivity contribution in [2.75, 3.05) is 6.54 Å². The maximum absolute atomic E-state index is 13.4. The van der Waals surface area contributed by atoms with Crippen LogP contribution in [0.1, 0.15) is 40.0 Å². The van der Waals surface area contributed by atoms with E-state index in [1.807, 2.05) is 4.31 Å². The van der Waals surface area contributed by atoms with Gasteiger partial charge in [-0.1, -0.05) is 20.8 Å². The molecule has 3 rings (SSSR count). The van der Waals surface area contributed by atoms with Crippen LogP contribution in [-0.4, -0.2) is 33.3 Å². The number of nitrogens with zero attached hydrogens (tertiary/aromatic N) is 1. The zero-order valence-corrected chi connectivity index (χ0v) is 15.5. The Hall–Kier alpha value is -1.21. The lowest BCUT2D eigenvalue weighted by molar-refractivity contribution is -0.274. The fraction of sp³-hybridized carbons (Fsp3) is 0.611. The molecule has 3 nitrogen and oxygen atoms in total. The Bertz CT molecular complexity index is 756. The fourth-order valence-electron chi connectivity index (χ4n) is 4.74. The van der Waals surface area contributed by atoms with Crippen LogP contribution < -0.4 is 4.74 Å². The van der Waals surface area contributed by atoms with Crippen molar-refractivity contribution in [3.8, 4) is 5.75 Å². The minimum Gasteiger partial charge on any atom is -0.406 e. The zero-order valence-electron chi connectivity index (χ0n) is 14.7. The van der Waals surface area contributed by atoms with Crippen LogP contribution in [0.4, 0.5) is 13.2 Å². The maximum Gasteiger partial charge on any atom is 0.573 e. The second kappa shape index (κ2) is 5.64. The van der Waals surface area contributed by atoms with Crippen LogP contribution >= 0.6 is 0 Å². The van der Waals surface area contributed by atoms with Crippen LogP contribution in [0.2, 0.25) is 0 Å². The molecule has 2 aliphatic rings. The number of halogens is 3. The van der Waals surface area contributed by atoms with Crippen LogP contribution in [0, 0.1) is 10.8 Å². The normalized spacial score (nSPS) is 31.5. The van der Waals surface area contributed by atoms with Gasteiger partial charge in [-0.25, -0.2) is 8.51 Å². The zero-order chi connectivity index (χ0) is 18.7. The molecule has 1 heterocycles. The van der Waals surface area contributed by atoms with Gasteiger partial charge in [0.15, 0.2) is 0 Å². The van der Waals surface area contributed by atoms with E-state index < -0.39 is 16.1 Å². The summed E-state index contributed by atoms with van der Waals surface area (Å²) in [4.78, 5) is 0.441. The second-order valence-corrected chi connectivity index (χ2v) is 10.7. The first-order chi connectivity index (χ1) is 11.3. The highest BCUT2D eigenvalue weighted by atomic mass is 32.2. The first-order valence-corrected chi connectivity index (χ1v) is 9.98. The highest BCUT2D eigenvalue weighted by Gasteiger charge is 2.51. The summed E-state index contributed by atoms with van der Waals surface area (Å²) in [6.45, 7) is 7.38. The van der Waals surface area contributed by atoms with Crippen molar-refractivity contribution in [1.82, 2.24) is 4.31 Å². The van der Waals surface area contributed by atoms with Gasteiger partial charge in [0.25, 0.3) is 0 Å². The average Bonchev–Trinajstić information content (AvgIpc) is 2.67. The van der Waals surface area contributed by atoms with Gasteiger partial charge < -0.3 is 4.74 Å². The van der Waals surface area contributed by atoms with Crippen LogP contribution in [0.5, 0.6) is 5.75 Å². The molecule has 7 heteroatoms. The van der Waals surface area contributed by atoms with Crippen molar-refractivity contribution >= 4 is 15.6 Å². The van der Waals surface area contributed by atoms with E-state index >= 15 is 0 Å². The van der Waals surface area contributed by atoms with Gasteiger partial charge in [0.2, 0.25) is 0 Å². The molecule has 1 aliphatic carbocycles. The first kappa shape index (κ1) is 18.6. The van der Waals surface area contributed by atoms with Gasteiger partial charge in [0.05, 0.1) is 9.71 Å². The van der Waals surface area contributed by atoms with Crippen LogP contribution in [0.3, 0.4) is 0 Å². The van der Waals surface area contributed by atoms with Crippen molar-refractivity contribution in [1.29, 1.82) is 0 Å². The molecule has 2 fully saturated rings. The number of benzene rings is 1. The highest BCUT2D eigenvalue weighted by molar-refractivity contribution is 7.98. The van der Waals surface area contributed by atoms with Gasteiger partial charge in [-0.2, -0.15) is 0 Å². The summed E-state index contributed by atoms with van der Waals surface area (Å²) in [5.41, 5.74) is 0.290. The van der Waals surface area contributed by atoms with E-state index in [2.05, 4.69) is 31.4 Å². The minimum atomic E-state index is -4.74. The summed E-state index contributed by atoms with van der Waals surface area (Å²) in [6.07, 6.45) is -1.73. The molecule has 1 aromatic carbocycles. The van der Waals surface area contributed by atoms with E-state index in [0.717, 1.165) is 19.3 Å². The summed E-state index contributed by atoms with van der Waals surface area (Å²) in [5, 5.41) is 0. The molecule has 0 aromatic heterocycles. The van der Waals surface area contributed by atoms with Crippen molar-refractivity contribution < 1.29 is 22.1 Å². The molecule has 1 saturated heterocycles. The Labute approximate surface area is 147 Å². The van der Waals surface area contributed by atoms with E-state index in [0.29, 0.717) is 11.4 Å². The van der Waals surface area contributed by atoms with Crippen LogP contribution in [0.25, 0.3) is 0 Å². The van der Waals surface area contributed by atoms with Crippen LogP contribution in [0.15, 0.2) is 29.2 Å². The number of fused-ring (bicyclic) bond motifs is 2. The number of hydrogen-bond acceptors (Lipinski definition) is 2. The number of rotatable bonds is 3. The monoisotopic (exact) mass is 375 g/mol. The lowest BCUT2D eigenvalue weighted by Gasteiger charge is -2.39. The van der Waals surface area contributed by atoms with Gasteiger partial charge >= 0.3 is 6.36 Å². The molecule has 0 amide bonds. The Balaban J connectivity index is 1.85. The second-order valence-electron chi connectivity index (χ2n) is 8.45. The highest BCUT2D eigenvalue weighted by Crippen LogP contribution is 2.53. The third-order valence-electron chi connectivity index (χ3n) is 5.17. The third-order valence-corrected chi connectivity index (χ3v) is 7.36. The molecular formula is C18H24F3NO2S. The van der Waals surface area contributed by atoms with E-state index in [4.69, 9.17) is 0 Å². The molecule has 25 heavy (non-hydrogen) atoms. The Morgan fingerprint density at radius 2 is 1.80 bits per heavy atom. The van der Waals surface area contributed by atoms with E-state index in [-0.39, 0.29) is 22.6 Å². The topological polar surface area (TPSA) is 29.5 Å². The molecular weight excluding hydrogens is 351 g/mol. The number of ether oxygens (including phenoxy) is 1. The van der Waals surface area contributed by atoms with E-state index in [9.17, 15) is 17.4 Å². The van der Waals surface area contributed by atoms with Gasteiger partial charge in [0, 0.05) is 17.5 Å². The lowest BCUT2D eigenvalue weighted by atomic mass is 9.65.